The molecule has 1 saturated heterocycles. The fourth-order valence-electron chi connectivity index (χ4n) is 2.28. The lowest BCUT2D eigenvalue weighted by atomic mass is 10.00. The highest BCUT2D eigenvalue weighted by molar-refractivity contribution is 7.09. The monoisotopic (exact) mass is 280 g/mol. The molecule has 1 fully saturated rings. The molecule has 106 valence electrons. The van der Waals surface area contributed by atoms with Gasteiger partial charge in [0.05, 0.1) is 5.01 Å². The molecule has 1 aliphatic heterocycles. The number of hydrogen-bond donors (Lipinski definition) is 1. The first-order chi connectivity index (χ1) is 9.15. The number of aliphatic imine (C=N–C) groups is 1. The highest BCUT2D eigenvalue weighted by Gasteiger charge is 2.16. The summed E-state index contributed by atoms with van der Waals surface area (Å²) in [4.78, 5) is 11.2. The van der Waals surface area contributed by atoms with E-state index in [0.29, 0.717) is 0 Å². The summed E-state index contributed by atoms with van der Waals surface area (Å²) in [5, 5.41) is 3.31. The number of thiazole rings is 1. The molecular weight excluding hydrogens is 256 g/mol. The minimum Gasteiger partial charge on any atom is -0.370 e. The average Bonchev–Trinajstić information content (AvgIpc) is 2.81. The molecule has 0 unspecified atom stereocenters. The molecule has 1 aliphatic rings. The van der Waals surface area contributed by atoms with Crippen LogP contribution in [0, 0.1) is 12.8 Å². The summed E-state index contributed by atoms with van der Waals surface area (Å²) in [5.41, 5.74) is 7.16. The van der Waals surface area contributed by atoms with Crippen LogP contribution in [0.4, 0.5) is 0 Å². The third kappa shape index (κ3) is 4.49. The Labute approximate surface area is 119 Å². The SMILES string of the molecule is Cc1csc(CCCN=C(N)N2CCC(C)CC2)n1. The lowest BCUT2D eigenvalue weighted by Crippen LogP contribution is -2.42. The van der Waals surface area contributed by atoms with Crippen LogP contribution in [0.2, 0.25) is 0 Å². The zero-order valence-corrected chi connectivity index (χ0v) is 12.7. The number of guanidine groups is 1. The maximum atomic E-state index is 6.04. The quantitative estimate of drug-likeness (QED) is 0.523. The van der Waals surface area contributed by atoms with Crippen LogP contribution in [0.15, 0.2) is 10.4 Å². The van der Waals surface area contributed by atoms with Crippen LogP contribution in [0.5, 0.6) is 0 Å². The van der Waals surface area contributed by atoms with Gasteiger partial charge in [0.15, 0.2) is 5.96 Å². The predicted molar refractivity (Wildman–Crippen MR) is 81.6 cm³/mol. The Morgan fingerprint density at radius 1 is 1.53 bits per heavy atom. The molecule has 4 nitrogen and oxygen atoms in total. The van der Waals surface area contributed by atoms with E-state index in [0.717, 1.165) is 50.0 Å². The third-order valence-corrected chi connectivity index (χ3v) is 4.62. The second-order valence-corrected chi connectivity index (χ2v) is 6.34. The Balaban J connectivity index is 1.70. The summed E-state index contributed by atoms with van der Waals surface area (Å²) in [6.45, 7) is 7.26. The Bertz CT molecular complexity index is 419. The van der Waals surface area contributed by atoms with Crippen LogP contribution in [-0.4, -0.2) is 35.5 Å². The van der Waals surface area contributed by atoms with E-state index in [2.05, 4.69) is 27.2 Å². The predicted octanol–water partition coefficient (Wildman–Crippen LogP) is 2.43. The molecular formula is C14H24N4S. The van der Waals surface area contributed by atoms with Crippen molar-refractivity contribution in [1.82, 2.24) is 9.88 Å². The highest BCUT2D eigenvalue weighted by Crippen LogP contribution is 2.15. The first-order valence-electron chi connectivity index (χ1n) is 7.11. The molecule has 19 heavy (non-hydrogen) atoms. The first-order valence-corrected chi connectivity index (χ1v) is 7.99. The number of aromatic nitrogens is 1. The van der Waals surface area contributed by atoms with Crippen molar-refractivity contribution < 1.29 is 0 Å². The van der Waals surface area contributed by atoms with Gasteiger partial charge in [-0.2, -0.15) is 0 Å². The maximum absolute atomic E-state index is 6.04. The molecule has 2 heterocycles. The molecule has 1 aromatic heterocycles. The largest absolute Gasteiger partial charge is 0.370 e. The topological polar surface area (TPSA) is 54.5 Å². The molecule has 2 rings (SSSR count). The lowest BCUT2D eigenvalue weighted by molar-refractivity contribution is 0.277. The van der Waals surface area contributed by atoms with Crippen LogP contribution in [-0.2, 0) is 6.42 Å². The zero-order chi connectivity index (χ0) is 13.7. The van der Waals surface area contributed by atoms with Gasteiger partial charge >= 0.3 is 0 Å². The summed E-state index contributed by atoms with van der Waals surface area (Å²) in [6.07, 6.45) is 4.49. The van der Waals surface area contributed by atoms with E-state index in [9.17, 15) is 0 Å². The van der Waals surface area contributed by atoms with Gasteiger partial charge in [-0.25, -0.2) is 4.98 Å². The first kappa shape index (κ1) is 14.3. The van der Waals surface area contributed by atoms with Gasteiger partial charge in [0.25, 0.3) is 0 Å². The molecule has 0 amide bonds. The van der Waals surface area contributed by atoms with E-state index < -0.39 is 0 Å². The number of piperidine rings is 1. The van der Waals surface area contributed by atoms with E-state index in [1.807, 2.05) is 6.92 Å². The van der Waals surface area contributed by atoms with Gasteiger partial charge in [-0.3, -0.25) is 4.99 Å². The molecule has 0 aliphatic carbocycles. The smallest absolute Gasteiger partial charge is 0.191 e. The number of nitrogens with two attached hydrogens (primary N) is 1. The molecule has 0 radical (unpaired) electrons. The normalized spacial score (nSPS) is 18.0. The molecule has 5 heteroatoms. The van der Waals surface area contributed by atoms with Crippen molar-refractivity contribution in [1.29, 1.82) is 0 Å². The standard InChI is InChI=1S/C14H24N4S/c1-11-5-8-18(9-6-11)14(15)16-7-3-4-13-17-12(2)10-19-13/h10-11H,3-9H2,1-2H3,(H2,15,16). The van der Waals surface area contributed by atoms with Gasteiger partial charge in [0, 0.05) is 37.1 Å². The van der Waals surface area contributed by atoms with Crippen LogP contribution >= 0.6 is 11.3 Å². The molecule has 0 atom stereocenters. The third-order valence-electron chi connectivity index (χ3n) is 3.60. The van der Waals surface area contributed by atoms with E-state index in [4.69, 9.17) is 5.73 Å². The Hall–Kier alpha value is -1.10. The van der Waals surface area contributed by atoms with Gasteiger partial charge in [0.1, 0.15) is 0 Å². The van der Waals surface area contributed by atoms with Gasteiger partial charge in [0.2, 0.25) is 0 Å². The van der Waals surface area contributed by atoms with Crippen LogP contribution < -0.4 is 5.73 Å². The molecule has 0 bridgehead atoms. The van der Waals surface area contributed by atoms with Crippen molar-refractivity contribution in [3.05, 3.63) is 16.1 Å². The fraction of sp³-hybridized carbons (Fsp3) is 0.714. The van der Waals surface area contributed by atoms with Gasteiger partial charge in [-0.05, 0) is 32.1 Å². The van der Waals surface area contributed by atoms with Crippen molar-refractivity contribution >= 4 is 17.3 Å². The van der Waals surface area contributed by atoms with Crippen LogP contribution in [0.25, 0.3) is 0 Å². The summed E-state index contributed by atoms with van der Waals surface area (Å²) in [7, 11) is 0. The molecule has 0 aromatic carbocycles. The van der Waals surface area contributed by atoms with Crippen LogP contribution in [0.3, 0.4) is 0 Å². The summed E-state index contributed by atoms with van der Waals surface area (Å²) < 4.78 is 0. The fourth-order valence-corrected chi connectivity index (χ4v) is 3.10. The number of nitrogens with zero attached hydrogens (tertiary/aromatic N) is 3. The lowest BCUT2D eigenvalue weighted by Gasteiger charge is -2.31. The van der Waals surface area contributed by atoms with E-state index in [-0.39, 0.29) is 0 Å². The molecule has 1 aromatic rings. The van der Waals surface area contributed by atoms with Crippen molar-refractivity contribution in [2.75, 3.05) is 19.6 Å². The van der Waals surface area contributed by atoms with E-state index >= 15 is 0 Å². The summed E-state index contributed by atoms with van der Waals surface area (Å²) >= 11 is 1.74. The number of aryl methyl sites for hydroxylation is 2. The van der Waals surface area contributed by atoms with Crippen molar-refractivity contribution in [3.8, 4) is 0 Å². The van der Waals surface area contributed by atoms with Crippen molar-refractivity contribution in [2.24, 2.45) is 16.6 Å². The summed E-state index contributed by atoms with van der Waals surface area (Å²) in [6, 6.07) is 0. The summed E-state index contributed by atoms with van der Waals surface area (Å²) in [5.74, 6) is 1.56. The molecule has 2 N–H and O–H groups in total. The van der Waals surface area contributed by atoms with Gasteiger partial charge < -0.3 is 10.6 Å². The second kappa shape index (κ2) is 6.89. The highest BCUT2D eigenvalue weighted by atomic mass is 32.1. The minimum atomic E-state index is 0.724. The Morgan fingerprint density at radius 2 is 2.26 bits per heavy atom. The zero-order valence-electron chi connectivity index (χ0n) is 11.9. The second-order valence-electron chi connectivity index (χ2n) is 5.40. The number of likely N-dealkylation sites (tertiary alicyclic amines) is 1. The van der Waals surface area contributed by atoms with Gasteiger partial charge in [-0.1, -0.05) is 6.92 Å². The number of hydrogen-bond acceptors (Lipinski definition) is 3. The van der Waals surface area contributed by atoms with Crippen molar-refractivity contribution in [2.45, 2.75) is 39.5 Å². The van der Waals surface area contributed by atoms with Crippen molar-refractivity contribution in [3.63, 3.8) is 0 Å². The number of rotatable bonds is 4. The maximum Gasteiger partial charge on any atom is 0.191 e. The van der Waals surface area contributed by atoms with Crippen LogP contribution in [0.1, 0.15) is 36.9 Å². The minimum absolute atomic E-state index is 0.724. The Kier molecular flexibility index (Phi) is 5.19. The Morgan fingerprint density at radius 3 is 2.89 bits per heavy atom. The average molecular weight is 280 g/mol. The van der Waals surface area contributed by atoms with E-state index in [1.165, 1.54) is 17.8 Å². The molecule has 0 spiro atoms. The van der Waals surface area contributed by atoms with E-state index in [1.54, 1.807) is 11.3 Å². The molecule has 0 saturated carbocycles. The van der Waals surface area contributed by atoms with Gasteiger partial charge in [-0.15, -0.1) is 11.3 Å².